The third-order valence-electron chi connectivity index (χ3n) is 2.40. The second-order valence-corrected chi connectivity index (χ2v) is 5.52. The molecule has 0 aliphatic carbocycles. The van der Waals surface area contributed by atoms with E-state index in [1.165, 1.54) is 0 Å². The molecule has 2 N–H and O–H groups in total. The lowest BCUT2D eigenvalue weighted by Gasteiger charge is -2.16. The van der Waals surface area contributed by atoms with E-state index in [-0.39, 0.29) is 5.54 Å². The summed E-state index contributed by atoms with van der Waals surface area (Å²) in [5, 5.41) is 1.05. The summed E-state index contributed by atoms with van der Waals surface area (Å²) in [6.45, 7) is 6.05. The van der Waals surface area contributed by atoms with E-state index in [0.717, 1.165) is 21.1 Å². The third kappa shape index (κ3) is 2.15. The molecule has 84 valence electrons. The zero-order chi connectivity index (χ0) is 11.8. The molecule has 0 saturated carbocycles. The lowest BCUT2D eigenvalue weighted by molar-refractivity contribution is 0.562. The minimum Gasteiger partial charge on any atom is -0.321 e. The number of hydrogen-bond donors (Lipinski definition) is 1. The smallest absolute Gasteiger partial charge is 0.123 e. The van der Waals surface area contributed by atoms with Gasteiger partial charge in [-0.15, -0.1) is 11.3 Å². The molecule has 0 atom stereocenters. The zero-order valence-corrected chi connectivity index (χ0v) is 10.6. The Labute approximate surface area is 100 Å². The van der Waals surface area contributed by atoms with Crippen LogP contribution in [0.2, 0.25) is 0 Å². The van der Waals surface area contributed by atoms with Crippen LogP contribution in [0.3, 0.4) is 0 Å². The molecular formula is C13H16N2S. The number of aromatic nitrogens is 1. The molecule has 0 amide bonds. The van der Waals surface area contributed by atoms with Gasteiger partial charge in [-0.3, -0.25) is 0 Å². The van der Waals surface area contributed by atoms with Crippen molar-refractivity contribution in [3.05, 3.63) is 40.9 Å². The first-order valence-corrected chi connectivity index (χ1v) is 6.12. The van der Waals surface area contributed by atoms with E-state index in [9.17, 15) is 0 Å². The van der Waals surface area contributed by atoms with Gasteiger partial charge in [-0.05, 0) is 20.8 Å². The SMILES string of the molecule is Cc1nc(-c2ccccc2)sc1C(C)(C)N. The highest BCUT2D eigenvalue weighted by atomic mass is 32.1. The fraction of sp³-hybridized carbons (Fsp3) is 0.308. The van der Waals surface area contributed by atoms with Crippen LogP contribution < -0.4 is 5.73 Å². The predicted molar refractivity (Wildman–Crippen MR) is 69.5 cm³/mol. The van der Waals surface area contributed by atoms with Gasteiger partial charge in [0.2, 0.25) is 0 Å². The maximum absolute atomic E-state index is 6.12. The molecular weight excluding hydrogens is 216 g/mol. The van der Waals surface area contributed by atoms with E-state index in [2.05, 4.69) is 17.1 Å². The standard InChI is InChI=1S/C13H16N2S/c1-9-11(13(2,3)14)16-12(15-9)10-7-5-4-6-8-10/h4-8H,14H2,1-3H3. The van der Waals surface area contributed by atoms with Gasteiger partial charge in [0.05, 0.1) is 5.69 Å². The fourth-order valence-corrected chi connectivity index (χ4v) is 2.78. The average Bonchev–Trinajstić information content (AvgIpc) is 2.61. The van der Waals surface area contributed by atoms with Crippen LogP contribution in [-0.2, 0) is 5.54 Å². The highest BCUT2D eigenvalue weighted by Crippen LogP contribution is 2.33. The molecule has 0 spiro atoms. The van der Waals surface area contributed by atoms with Gasteiger partial charge in [0.15, 0.2) is 0 Å². The van der Waals surface area contributed by atoms with E-state index in [4.69, 9.17) is 5.73 Å². The molecule has 2 aromatic rings. The van der Waals surface area contributed by atoms with Crippen molar-refractivity contribution in [3.8, 4) is 10.6 Å². The predicted octanol–water partition coefficient (Wildman–Crippen LogP) is 3.31. The molecule has 0 aliphatic heterocycles. The molecule has 0 fully saturated rings. The van der Waals surface area contributed by atoms with Crippen LogP contribution in [0.1, 0.15) is 24.4 Å². The van der Waals surface area contributed by atoms with Gasteiger partial charge in [-0.2, -0.15) is 0 Å². The molecule has 0 aliphatic rings. The van der Waals surface area contributed by atoms with Crippen molar-refractivity contribution in [1.82, 2.24) is 4.98 Å². The van der Waals surface area contributed by atoms with Crippen LogP contribution in [0.5, 0.6) is 0 Å². The van der Waals surface area contributed by atoms with Gasteiger partial charge < -0.3 is 5.73 Å². The molecule has 0 bridgehead atoms. The summed E-state index contributed by atoms with van der Waals surface area (Å²) in [4.78, 5) is 5.74. The summed E-state index contributed by atoms with van der Waals surface area (Å²) in [5.41, 5.74) is 8.01. The second-order valence-electron chi connectivity index (χ2n) is 4.52. The van der Waals surface area contributed by atoms with Crippen molar-refractivity contribution >= 4 is 11.3 Å². The molecule has 0 saturated heterocycles. The minimum atomic E-state index is -0.311. The van der Waals surface area contributed by atoms with E-state index >= 15 is 0 Å². The van der Waals surface area contributed by atoms with Crippen molar-refractivity contribution < 1.29 is 0 Å². The van der Waals surface area contributed by atoms with Crippen molar-refractivity contribution in [2.45, 2.75) is 26.3 Å². The van der Waals surface area contributed by atoms with Gasteiger partial charge in [-0.1, -0.05) is 30.3 Å². The zero-order valence-electron chi connectivity index (χ0n) is 9.82. The molecule has 3 heteroatoms. The summed E-state index contributed by atoms with van der Waals surface area (Å²) < 4.78 is 0. The van der Waals surface area contributed by atoms with E-state index < -0.39 is 0 Å². The number of nitrogens with zero attached hydrogens (tertiary/aromatic N) is 1. The van der Waals surface area contributed by atoms with E-state index in [1.807, 2.05) is 39.0 Å². The molecule has 2 nitrogen and oxygen atoms in total. The van der Waals surface area contributed by atoms with E-state index in [0.29, 0.717) is 0 Å². The van der Waals surface area contributed by atoms with Crippen molar-refractivity contribution in [2.24, 2.45) is 5.73 Å². The van der Waals surface area contributed by atoms with Crippen LogP contribution in [0, 0.1) is 6.92 Å². The van der Waals surface area contributed by atoms with Crippen LogP contribution in [0.15, 0.2) is 30.3 Å². The fourth-order valence-electron chi connectivity index (χ4n) is 1.70. The Kier molecular flexibility index (Phi) is 2.82. The van der Waals surface area contributed by atoms with Gasteiger partial charge >= 0.3 is 0 Å². The Morgan fingerprint density at radius 2 is 1.81 bits per heavy atom. The Hall–Kier alpha value is -1.19. The normalized spacial score (nSPS) is 11.8. The maximum Gasteiger partial charge on any atom is 0.123 e. The Morgan fingerprint density at radius 1 is 1.19 bits per heavy atom. The van der Waals surface area contributed by atoms with Crippen LogP contribution >= 0.6 is 11.3 Å². The summed E-state index contributed by atoms with van der Waals surface area (Å²) >= 11 is 1.68. The molecule has 2 rings (SSSR count). The molecule has 1 aromatic carbocycles. The van der Waals surface area contributed by atoms with Crippen molar-refractivity contribution in [2.75, 3.05) is 0 Å². The first-order chi connectivity index (χ1) is 7.48. The Bertz CT molecular complexity index is 480. The van der Waals surface area contributed by atoms with Crippen molar-refractivity contribution in [3.63, 3.8) is 0 Å². The first-order valence-electron chi connectivity index (χ1n) is 5.30. The number of hydrogen-bond acceptors (Lipinski definition) is 3. The number of benzene rings is 1. The summed E-state index contributed by atoms with van der Waals surface area (Å²) in [6.07, 6.45) is 0. The van der Waals surface area contributed by atoms with Gasteiger partial charge in [0.1, 0.15) is 5.01 Å². The van der Waals surface area contributed by atoms with Gasteiger partial charge in [0.25, 0.3) is 0 Å². The highest BCUT2D eigenvalue weighted by Gasteiger charge is 2.21. The van der Waals surface area contributed by atoms with E-state index in [1.54, 1.807) is 11.3 Å². The van der Waals surface area contributed by atoms with Gasteiger partial charge in [-0.25, -0.2) is 4.98 Å². The number of thiazole rings is 1. The van der Waals surface area contributed by atoms with Crippen LogP contribution in [0.4, 0.5) is 0 Å². The Balaban J connectivity index is 2.47. The quantitative estimate of drug-likeness (QED) is 0.862. The molecule has 0 unspecified atom stereocenters. The summed E-state index contributed by atoms with van der Waals surface area (Å²) in [7, 11) is 0. The minimum absolute atomic E-state index is 0.311. The van der Waals surface area contributed by atoms with Crippen molar-refractivity contribution in [1.29, 1.82) is 0 Å². The average molecular weight is 232 g/mol. The lowest BCUT2D eigenvalue weighted by atomic mass is 10.0. The second kappa shape index (κ2) is 4.00. The highest BCUT2D eigenvalue weighted by molar-refractivity contribution is 7.15. The maximum atomic E-state index is 6.12. The first kappa shape index (κ1) is 11.3. The summed E-state index contributed by atoms with van der Waals surface area (Å²) in [5.74, 6) is 0. The molecule has 1 heterocycles. The molecule has 16 heavy (non-hydrogen) atoms. The van der Waals surface area contributed by atoms with Crippen LogP contribution in [-0.4, -0.2) is 4.98 Å². The monoisotopic (exact) mass is 232 g/mol. The van der Waals surface area contributed by atoms with Gasteiger partial charge in [0, 0.05) is 16.0 Å². The summed E-state index contributed by atoms with van der Waals surface area (Å²) in [6, 6.07) is 10.2. The largest absolute Gasteiger partial charge is 0.321 e. The number of rotatable bonds is 2. The lowest BCUT2D eigenvalue weighted by Crippen LogP contribution is -2.28. The number of aryl methyl sites for hydroxylation is 1. The van der Waals surface area contributed by atoms with Crippen LogP contribution in [0.25, 0.3) is 10.6 Å². The molecule has 0 radical (unpaired) electrons. The number of nitrogens with two attached hydrogens (primary N) is 1. The topological polar surface area (TPSA) is 38.9 Å². The molecule has 1 aromatic heterocycles. The third-order valence-corrected chi connectivity index (χ3v) is 3.95. The Morgan fingerprint density at radius 3 is 2.31 bits per heavy atom.